The summed E-state index contributed by atoms with van der Waals surface area (Å²) in [6.45, 7) is 8.62. The van der Waals surface area contributed by atoms with Crippen molar-refractivity contribution in [3.63, 3.8) is 0 Å². The third kappa shape index (κ3) is 5.53. The molecule has 0 aliphatic carbocycles. The average Bonchev–Trinajstić information content (AvgIpc) is 3.07. The summed E-state index contributed by atoms with van der Waals surface area (Å²) < 4.78 is 5.57. The second kappa shape index (κ2) is 8.53. The van der Waals surface area contributed by atoms with Gasteiger partial charge in [-0.15, -0.1) is 0 Å². The Bertz CT molecular complexity index is 490. The summed E-state index contributed by atoms with van der Waals surface area (Å²) in [5.74, 6) is 0.881. The molecule has 2 heterocycles. The first-order valence-electron chi connectivity index (χ1n) is 8.85. The van der Waals surface area contributed by atoms with Crippen molar-refractivity contribution in [2.45, 2.75) is 52.2 Å². The van der Waals surface area contributed by atoms with Gasteiger partial charge in [-0.05, 0) is 43.5 Å². The number of rotatable bonds is 6. The van der Waals surface area contributed by atoms with Crippen LogP contribution in [0.1, 0.15) is 51.8 Å². The molecule has 24 heavy (non-hydrogen) atoms. The smallest absolute Gasteiger partial charge is 0.314 e. The lowest BCUT2D eigenvalue weighted by Gasteiger charge is -2.33. The highest BCUT2D eigenvalue weighted by Crippen LogP contribution is 2.24. The predicted octanol–water partition coefficient (Wildman–Crippen LogP) is 2.51. The number of hydrogen-bond donors (Lipinski definition) is 3. The van der Waals surface area contributed by atoms with Gasteiger partial charge in [0.2, 0.25) is 0 Å². The topological polar surface area (TPSA) is 77.7 Å². The molecule has 0 aromatic carbocycles. The normalized spacial score (nSPS) is 18.8. The summed E-state index contributed by atoms with van der Waals surface area (Å²) in [6, 6.07) is 3.64. The van der Waals surface area contributed by atoms with Gasteiger partial charge in [0.1, 0.15) is 5.76 Å². The first-order chi connectivity index (χ1) is 11.4. The Hall–Kier alpha value is -1.53. The van der Waals surface area contributed by atoms with Crippen molar-refractivity contribution in [2.75, 3.05) is 26.2 Å². The van der Waals surface area contributed by atoms with E-state index in [9.17, 15) is 9.90 Å². The molecule has 136 valence electrons. The number of aliphatic hydroxyl groups is 1. The molecule has 2 amide bonds. The molecular weight excluding hydrogens is 306 g/mol. The molecule has 2 rings (SSSR count). The maximum absolute atomic E-state index is 12.0. The van der Waals surface area contributed by atoms with Crippen LogP contribution in [0.4, 0.5) is 4.79 Å². The standard InChI is InChI=1S/C18H31N3O3/c1-18(2,3)16(22)13-20-17(23)19-12-14(15-8-7-11-24-15)21-9-5-4-6-10-21/h7-8,11,14,16,22H,4-6,9-10,12-13H2,1-3H3,(H2,19,20,23). The van der Waals surface area contributed by atoms with Crippen LogP contribution in [0.2, 0.25) is 0 Å². The van der Waals surface area contributed by atoms with E-state index in [-0.39, 0.29) is 24.0 Å². The molecule has 1 aromatic heterocycles. The fourth-order valence-corrected chi connectivity index (χ4v) is 2.87. The highest BCUT2D eigenvalue weighted by Gasteiger charge is 2.26. The van der Waals surface area contributed by atoms with E-state index < -0.39 is 6.10 Å². The van der Waals surface area contributed by atoms with Crippen molar-refractivity contribution in [1.82, 2.24) is 15.5 Å². The summed E-state index contributed by atoms with van der Waals surface area (Å²) in [4.78, 5) is 14.4. The third-order valence-corrected chi connectivity index (χ3v) is 4.61. The number of nitrogens with zero attached hydrogens (tertiary/aromatic N) is 1. The Morgan fingerprint density at radius 1 is 1.25 bits per heavy atom. The zero-order valence-corrected chi connectivity index (χ0v) is 15.0. The number of hydrogen-bond acceptors (Lipinski definition) is 4. The molecule has 1 fully saturated rings. The molecular formula is C18H31N3O3. The van der Waals surface area contributed by atoms with E-state index in [1.807, 2.05) is 32.9 Å². The van der Waals surface area contributed by atoms with Crippen LogP contribution in [-0.2, 0) is 0 Å². The zero-order chi connectivity index (χ0) is 17.6. The van der Waals surface area contributed by atoms with Gasteiger partial charge in [-0.25, -0.2) is 4.79 Å². The predicted molar refractivity (Wildman–Crippen MR) is 93.7 cm³/mol. The second-order valence-electron chi connectivity index (χ2n) is 7.60. The van der Waals surface area contributed by atoms with Gasteiger partial charge in [0, 0.05) is 13.1 Å². The molecule has 1 saturated heterocycles. The van der Waals surface area contributed by atoms with Gasteiger partial charge >= 0.3 is 6.03 Å². The van der Waals surface area contributed by atoms with Gasteiger partial charge in [-0.3, -0.25) is 4.90 Å². The van der Waals surface area contributed by atoms with Crippen LogP contribution in [0, 0.1) is 5.41 Å². The van der Waals surface area contributed by atoms with Crippen molar-refractivity contribution in [1.29, 1.82) is 0 Å². The van der Waals surface area contributed by atoms with E-state index in [1.165, 1.54) is 19.3 Å². The average molecular weight is 337 g/mol. The molecule has 3 N–H and O–H groups in total. The minimum absolute atomic E-state index is 0.0542. The lowest BCUT2D eigenvalue weighted by molar-refractivity contribution is 0.0648. The molecule has 1 aromatic rings. The number of carbonyl (C=O) groups is 1. The molecule has 0 bridgehead atoms. The number of carbonyl (C=O) groups excluding carboxylic acids is 1. The van der Waals surface area contributed by atoms with E-state index in [0.717, 1.165) is 18.8 Å². The lowest BCUT2D eigenvalue weighted by Crippen LogP contribution is -2.46. The van der Waals surface area contributed by atoms with Crippen LogP contribution in [0.15, 0.2) is 22.8 Å². The van der Waals surface area contributed by atoms with Crippen molar-refractivity contribution >= 4 is 6.03 Å². The first-order valence-corrected chi connectivity index (χ1v) is 8.85. The van der Waals surface area contributed by atoms with Crippen LogP contribution in [0.3, 0.4) is 0 Å². The summed E-state index contributed by atoms with van der Waals surface area (Å²) in [6.07, 6.45) is 4.72. The van der Waals surface area contributed by atoms with Gasteiger partial charge in [0.25, 0.3) is 0 Å². The number of nitrogens with one attached hydrogen (secondary N) is 2. The Kier molecular flexibility index (Phi) is 6.69. The molecule has 2 unspecified atom stereocenters. The molecule has 0 saturated carbocycles. The molecule has 2 atom stereocenters. The maximum atomic E-state index is 12.0. The minimum Gasteiger partial charge on any atom is -0.468 e. The van der Waals surface area contributed by atoms with Gasteiger partial charge in [-0.2, -0.15) is 0 Å². The van der Waals surface area contributed by atoms with Crippen LogP contribution in [-0.4, -0.2) is 48.3 Å². The van der Waals surface area contributed by atoms with Gasteiger partial charge in [0.05, 0.1) is 18.4 Å². The zero-order valence-electron chi connectivity index (χ0n) is 15.0. The van der Waals surface area contributed by atoms with E-state index in [0.29, 0.717) is 6.54 Å². The molecule has 1 aliphatic rings. The van der Waals surface area contributed by atoms with Crippen LogP contribution >= 0.6 is 0 Å². The Morgan fingerprint density at radius 2 is 1.92 bits per heavy atom. The quantitative estimate of drug-likeness (QED) is 0.745. The van der Waals surface area contributed by atoms with Crippen molar-refractivity contribution in [2.24, 2.45) is 5.41 Å². The van der Waals surface area contributed by atoms with E-state index >= 15 is 0 Å². The fraction of sp³-hybridized carbons (Fsp3) is 0.722. The summed E-state index contributed by atoms with van der Waals surface area (Å²) in [7, 11) is 0. The van der Waals surface area contributed by atoms with E-state index in [2.05, 4.69) is 15.5 Å². The van der Waals surface area contributed by atoms with Crippen LogP contribution in [0.25, 0.3) is 0 Å². The van der Waals surface area contributed by atoms with Crippen LogP contribution in [0.5, 0.6) is 0 Å². The number of likely N-dealkylation sites (tertiary alicyclic amines) is 1. The Morgan fingerprint density at radius 3 is 2.50 bits per heavy atom. The fourth-order valence-electron chi connectivity index (χ4n) is 2.87. The van der Waals surface area contributed by atoms with Gasteiger partial charge < -0.3 is 20.2 Å². The molecule has 6 heteroatoms. The molecule has 1 aliphatic heterocycles. The first kappa shape index (κ1) is 18.8. The summed E-state index contributed by atoms with van der Waals surface area (Å²) in [5, 5.41) is 15.7. The third-order valence-electron chi connectivity index (χ3n) is 4.61. The van der Waals surface area contributed by atoms with Gasteiger partial charge in [0.15, 0.2) is 0 Å². The van der Waals surface area contributed by atoms with E-state index in [1.54, 1.807) is 6.26 Å². The van der Waals surface area contributed by atoms with Crippen molar-refractivity contribution < 1.29 is 14.3 Å². The maximum Gasteiger partial charge on any atom is 0.314 e. The molecule has 0 radical (unpaired) electrons. The number of furan rings is 1. The Balaban J connectivity index is 1.85. The monoisotopic (exact) mass is 337 g/mol. The van der Waals surface area contributed by atoms with Crippen molar-refractivity contribution in [3.8, 4) is 0 Å². The highest BCUT2D eigenvalue weighted by molar-refractivity contribution is 5.73. The number of amides is 2. The molecule has 6 nitrogen and oxygen atoms in total. The second-order valence-corrected chi connectivity index (χ2v) is 7.60. The summed E-state index contributed by atoms with van der Waals surface area (Å²) >= 11 is 0. The molecule has 0 spiro atoms. The SMILES string of the molecule is CC(C)(C)C(O)CNC(=O)NCC(c1ccco1)N1CCCCC1. The lowest BCUT2D eigenvalue weighted by atomic mass is 9.89. The number of urea groups is 1. The van der Waals surface area contributed by atoms with Gasteiger partial charge in [-0.1, -0.05) is 27.2 Å². The number of piperidine rings is 1. The van der Waals surface area contributed by atoms with E-state index in [4.69, 9.17) is 4.42 Å². The number of aliphatic hydroxyl groups excluding tert-OH is 1. The Labute approximate surface area is 144 Å². The highest BCUT2D eigenvalue weighted by atomic mass is 16.3. The van der Waals surface area contributed by atoms with Crippen LogP contribution < -0.4 is 10.6 Å². The van der Waals surface area contributed by atoms with Crippen molar-refractivity contribution in [3.05, 3.63) is 24.2 Å². The minimum atomic E-state index is -0.578. The summed E-state index contributed by atoms with van der Waals surface area (Å²) in [5.41, 5.74) is -0.252. The largest absolute Gasteiger partial charge is 0.468 e.